The van der Waals surface area contributed by atoms with Gasteiger partial charge in [-0.2, -0.15) is 13.2 Å². The summed E-state index contributed by atoms with van der Waals surface area (Å²) in [6, 6.07) is 18.4. The summed E-state index contributed by atoms with van der Waals surface area (Å²) in [7, 11) is 1.19. The number of carbonyl (C=O) groups excluding carboxylic acids is 3. The summed E-state index contributed by atoms with van der Waals surface area (Å²) in [6.07, 6.45) is -4.61. The molecule has 3 amide bonds. The molecule has 3 aromatic rings. The van der Waals surface area contributed by atoms with Gasteiger partial charge < -0.3 is 40.5 Å². The number of nitrogens with one attached hydrogen (secondary N) is 5. The molecule has 1 aliphatic heterocycles. The number of carbonyl (C=O) groups is 3. The number of alkyl carbamates (subject to hydrolysis) is 2. The molecule has 0 bridgehead atoms. The van der Waals surface area contributed by atoms with E-state index in [9.17, 15) is 32.3 Å². The van der Waals surface area contributed by atoms with E-state index in [2.05, 4.69) is 20.9 Å². The molecule has 1 saturated heterocycles. The number of anilines is 1. The van der Waals surface area contributed by atoms with Crippen LogP contribution in [0.2, 0.25) is 0 Å². The van der Waals surface area contributed by atoms with Crippen molar-refractivity contribution in [2.45, 2.75) is 43.1 Å². The lowest BCUT2D eigenvalue weighted by Crippen LogP contribution is -2.49. The topological polar surface area (TPSA) is 160 Å². The Morgan fingerprint density at radius 1 is 1.00 bits per heavy atom. The number of methoxy groups -OCH3 is 1. The van der Waals surface area contributed by atoms with Gasteiger partial charge in [0, 0.05) is 18.7 Å². The minimum atomic E-state index is -4.54. The Morgan fingerprint density at radius 2 is 1.66 bits per heavy atom. The van der Waals surface area contributed by atoms with Gasteiger partial charge in [0.2, 0.25) is 5.91 Å². The number of morpholine rings is 1. The van der Waals surface area contributed by atoms with Crippen molar-refractivity contribution in [3.05, 3.63) is 100.0 Å². The zero-order valence-electron chi connectivity index (χ0n) is 25.5. The van der Waals surface area contributed by atoms with Crippen molar-refractivity contribution in [3.63, 3.8) is 0 Å². The second-order valence-electron chi connectivity index (χ2n) is 10.8. The molecule has 1 fully saturated rings. The number of hydrogen-bond acceptors (Lipinski definition) is 8. The predicted octanol–water partition coefficient (Wildman–Crippen LogP) is 3.45. The molecule has 15 heteroatoms. The molecule has 0 saturated carbocycles. The smallest absolute Gasteiger partial charge is 0.407 e. The van der Waals surface area contributed by atoms with Gasteiger partial charge in [0.05, 0.1) is 25.9 Å². The van der Waals surface area contributed by atoms with Crippen LogP contribution in [0.15, 0.2) is 77.7 Å². The monoisotopic (exact) mass is 659 g/mol. The Morgan fingerprint density at radius 3 is 2.23 bits per heavy atom. The molecule has 4 rings (SSSR count). The number of benzene rings is 2. The second-order valence-corrected chi connectivity index (χ2v) is 10.8. The standard InChI is InChI=1S/C32H36F3N5O7/c1-45-31(44)40-27(25(20-8-4-2-5-9-20)21-10-6-3-7-11-21)29(42)39-26-22(14-15-36-28(26)41)12-13-24-16-37-23(17-46-24)18-47-30(43)38-19-32(33,34)35/h2-11,14-15,23-25,27,37H,12-13,16-19H2,1H3,(H,36,41)(H,38,43)(H,39,42)(H,40,44)/t23-,24+,27-/m0/s1. The molecule has 12 nitrogen and oxygen atoms in total. The maximum atomic E-state index is 13.9. The van der Waals surface area contributed by atoms with Gasteiger partial charge in [-0.25, -0.2) is 9.59 Å². The fourth-order valence-corrected chi connectivity index (χ4v) is 5.13. The number of alkyl halides is 3. The molecule has 5 N–H and O–H groups in total. The van der Waals surface area contributed by atoms with E-state index in [1.165, 1.54) is 13.3 Å². The SMILES string of the molecule is COC(=O)N[C@H](C(=O)Nc1c(CC[C@@H]2CN[C@H](COC(=O)NCC(F)(F)F)CO2)cc[nH]c1=O)C(c1ccccc1)c1ccccc1. The minimum Gasteiger partial charge on any atom is -0.453 e. The van der Waals surface area contributed by atoms with Gasteiger partial charge in [-0.1, -0.05) is 60.7 Å². The first kappa shape index (κ1) is 35.0. The average molecular weight is 660 g/mol. The van der Waals surface area contributed by atoms with Gasteiger partial charge in [-0.3, -0.25) is 9.59 Å². The molecule has 3 atom stereocenters. The third kappa shape index (κ3) is 10.6. The highest BCUT2D eigenvalue weighted by Crippen LogP contribution is 2.29. The van der Waals surface area contributed by atoms with Gasteiger partial charge in [0.1, 0.15) is 24.9 Å². The second kappa shape index (κ2) is 16.6. The zero-order chi connectivity index (χ0) is 33.8. The lowest BCUT2D eigenvalue weighted by atomic mass is 9.84. The van der Waals surface area contributed by atoms with Gasteiger partial charge in [0.25, 0.3) is 5.56 Å². The van der Waals surface area contributed by atoms with E-state index in [4.69, 9.17) is 14.2 Å². The Labute approximate surface area is 268 Å². The molecular weight excluding hydrogens is 623 g/mol. The van der Waals surface area contributed by atoms with Crippen molar-refractivity contribution in [2.75, 3.05) is 38.7 Å². The quantitative estimate of drug-likeness (QED) is 0.198. The van der Waals surface area contributed by atoms with Gasteiger partial charge in [-0.05, 0) is 35.6 Å². The fraction of sp³-hybridized carbons (Fsp3) is 0.375. The molecular formula is C32H36F3N5O7. The molecule has 0 aliphatic carbocycles. The summed E-state index contributed by atoms with van der Waals surface area (Å²) in [5.74, 6) is -1.26. The van der Waals surface area contributed by atoms with Crippen LogP contribution >= 0.6 is 0 Å². The summed E-state index contributed by atoms with van der Waals surface area (Å²) in [6.45, 7) is -1.19. The number of ether oxygens (including phenoxy) is 3. The summed E-state index contributed by atoms with van der Waals surface area (Å²) in [4.78, 5) is 53.4. The first-order valence-electron chi connectivity index (χ1n) is 14.8. The Hall–Kier alpha value is -4.89. The van der Waals surface area contributed by atoms with Crippen LogP contribution in [0, 0.1) is 0 Å². The third-order valence-corrected chi connectivity index (χ3v) is 7.44. The number of H-pyrrole nitrogens is 1. The third-order valence-electron chi connectivity index (χ3n) is 7.44. The average Bonchev–Trinajstić information content (AvgIpc) is 3.07. The molecule has 0 unspecified atom stereocenters. The van der Waals surface area contributed by atoms with E-state index in [0.717, 1.165) is 11.1 Å². The summed E-state index contributed by atoms with van der Waals surface area (Å²) < 4.78 is 52.3. The normalized spacial score (nSPS) is 17.0. The maximum absolute atomic E-state index is 13.9. The molecule has 1 aliphatic rings. The van der Waals surface area contributed by atoms with Crippen LogP contribution in [0.4, 0.5) is 28.4 Å². The van der Waals surface area contributed by atoms with E-state index in [1.54, 1.807) is 11.4 Å². The molecule has 1 aromatic heterocycles. The molecule has 2 heterocycles. The number of aromatic amines is 1. The van der Waals surface area contributed by atoms with E-state index in [1.807, 2.05) is 60.7 Å². The van der Waals surface area contributed by atoms with Gasteiger partial charge in [0.15, 0.2) is 0 Å². The molecule has 252 valence electrons. The minimum absolute atomic E-state index is 0.0222. The highest BCUT2D eigenvalue weighted by molar-refractivity contribution is 5.98. The zero-order valence-corrected chi connectivity index (χ0v) is 25.5. The van der Waals surface area contributed by atoms with E-state index in [0.29, 0.717) is 24.9 Å². The lowest BCUT2D eigenvalue weighted by Gasteiger charge is -2.30. The highest BCUT2D eigenvalue weighted by Gasteiger charge is 2.34. The number of halogens is 3. The van der Waals surface area contributed by atoms with Crippen LogP contribution in [0.3, 0.4) is 0 Å². The summed E-state index contributed by atoms with van der Waals surface area (Å²) in [5, 5.41) is 10.1. The van der Waals surface area contributed by atoms with E-state index in [-0.39, 0.29) is 25.0 Å². The Balaban J connectivity index is 1.42. The van der Waals surface area contributed by atoms with E-state index >= 15 is 0 Å². The number of aryl methyl sites for hydroxylation is 1. The van der Waals surface area contributed by atoms with Crippen molar-refractivity contribution >= 4 is 23.8 Å². The molecule has 2 aromatic carbocycles. The van der Waals surface area contributed by atoms with Crippen LogP contribution in [-0.2, 0) is 25.4 Å². The Kier molecular flexibility index (Phi) is 12.4. The Bertz CT molecular complexity index is 1490. The van der Waals surface area contributed by atoms with Crippen molar-refractivity contribution in [1.29, 1.82) is 0 Å². The number of hydrogen-bond donors (Lipinski definition) is 5. The molecule has 0 radical (unpaired) electrons. The summed E-state index contributed by atoms with van der Waals surface area (Å²) in [5.41, 5.74) is 1.53. The van der Waals surface area contributed by atoms with Crippen LogP contribution < -0.4 is 26.8 Å². The first-order valence-corrected chi connectivity index (χ1v) is 14.8. The first-order chi connectivity index (χ1) is 22.5. The maximum Gasteiger partial charge on any atom is 0.407 e. The largest absolute Gasteiger partial charge is 0.453 e. The van der Waals surface area contributed by atoms with Crippen molar-refractivity contribution in [3.8, 4) is 0 Å². The van der Waals surface area contributed by atoms with Crippen LogP contribution in [0.5, 0.6) is 0 Å². The predicted molar refractivity (Wildman–Crippen MR) is 165 cm³/mol. The number of pyridine rings is 1. The van der Waals surface area contributed by atoms with Crippen LogP contribution in [0.1, 0.15) is 29.0 Å². The van der Waals surface area contributed by atoms with Gasteiger partial charge >= 0.3 is 18.4 Å². The number of amides is 3. The lowest BCUT2D eigenvalue weighted by molar-refractivity contribution is -0.124. The molecule has 47 heavy (non-hydrogen) atoms. The van der Waals surface area contributed by atoms with Gasteiger partial charge in [-0.15, -0.1) is 0 Å². The van der Waals surface area contributed by atoms with Crippen molar-refractivity contribution in [1.82, 2.24) is 20.9 Å². The number of rotatable bonds is 12. The van der Waals surface area contributed by atoms with Crippen LogP contribution in [-0.4, -0.2) is 80.9 Å². The van der Waals surface area contributed by atoms with Crippen LogP contribution in [0.25, 0.3) is 0 Å². The highest BCUT2D eigenvalue weighted by atomic mass is 19.4. The van der Waals surface area contributed by atoms with Crippen molar-refractivity contribution in [2.24, 2.45) is 0 Å². The number of aromatic nitrogens is 1. The van der Waals surface area contributed by atoms with Crippen molar-refractivity contribution < 1.29 is 41.8 Å². The van der Waals surface area contributed by atoms with E-state index < -0.39 is 54.4 Å². The molecule has 0 spiro atoms. The fourth-order valence-electron chi connectivity index (χ4n) is 5.13. The summed E-state index contributed by atoms with van der Waals surface area (Å²) >= 11 is 0.